The molecule has 0 bridgehead atoms. The number of carbonyl (C=O) groups excluding carboxylic acids is 4. The molecule has 52 heavy (non-hydrogen) atoms. The molecule has 2 aliphatic carbocycles. The zero-order valence-corrected chi connectivity index (χ0v) is 30.0. The Morgan fingerprint density at radius 3 is 2.40 bits per heavy atom. The molecule has 10 nitrogen and oxygen atoms in total. The Balaban J connectivity index is 1.12. The molecule has 6 atom stereocenters. The number of alkyl halides is 2. The van der Waals surface area contributed by atoms with Gasteiger partial charge in [-0.15, -0.1) is 23.2 Å². The lowest BCUT2D eigenvalue weighted by Crippen LogP contribution is -2.61. The van der Waals surface area contributed by atoms with Gasteiger partial charge in [-0.1, -0.05) is 35.9 Å². The number of hydrogen-bond donors (Lipinski definition) is 1. The van der Waals surface area contributed by atoms with Gasteiger partial charge in [0.25, 0.3) is 11.8 Å². The second kappa shape index (κ2) is 12.3. The number of amides is 4. The molecule has 1 N–H and O–H groups in total. The van der Waals surface area contributed by atoms with Gasteiger partial charge in [-0.3, -0.25) is 29.0 Å². The van der Waals surface area contributed by atoms with Crippen LogP contribution in [0.5, 0.6) is 23.0 Å². The van der Waals surface area contributed by atoms with Gasteiger partial charge in [0.15, 0.2) is 9.75 Å². The number of ether oxygens (including phenoxy) is 3. The second-order valence-corrected chi connectivity index (χ2v) is 15.1. The summed E-state index contributed by atoms with van der Waals surface area (Å²) in [6.45, 7) is 0. The third-order valence-electron chi connectivity index (χ3n) is 11.2. The third kappa shape index (κ3) is 4.84. The van der Waals surface area contributed by atoms with E-state index in [-0.39, 0.29) is 30.9 Å². The summed E-state index contributed by atoms with van der Waals surface area (Å²) in [5.41, 5.74) is 4.00. The minimum absolute atomic E-state index is 0.0419. The number of nitrogens with zero attached hydrogens (tertiary/aromatic N) is 2. The van der Waals surface area contributed by atoms with Crippen LogP contribution >= 0.6 is 23.2 Å². The third-order valence-corrected chi connectivity index (χ3v) is 12.6. The fraction of sp³-hybridized carbons (Fsp3) is 0.300. The summed E-state index contributed by atoms with van der Waals surface area (Å²) in [6.07, 6.45) is 7.58. The van der Waals surface area contributed by atoms with E-state index in [0.717, 1.165) is 16.0 Å². The summed E-state index contributed by atoms with van der Waals surface area (Å²) in [6, 6.07) is 17.3. The fourth-order valence-electron chi connectivity index (χ4n) is 8.70. The molecule has 5 aliphatic rings. The molecule has 266 valence electrons. The predicted octanol–water partition coefficient (Wildman–Crippen LogP) is 6.12. The largest absolute Gasteiger partial charge is 0.508 e. The Hall–Kier alpha value is -5.06. The predicted molar refractivity (Wildman–Crippen MR) is 194 cm³/mol. The summed E-state index contributed by atoms with van der Waals surface area (Å²) in [7, 11) is 4.54. The van der Waals surface area contributed by atoms with Crippen molar-refractivity contribution in [1.82, 2.24) is 4.90 Å². The van der Waals surface area contributed by atoms with Crippen LogP contribution < -0.4 is 19.1 Å². The average molecular weight is 742 g/mol. The number of rotatable bonds is 6. The van der Waals surface area contributed by atoms with Crippen molar-refractivity contribution in [2.45, 2.75) is 29.0 Å². The Bertz CT molecular complexity index is 2160. The Labute approximate surface area is 309 Å². The first kappa shape index (κ1) is 34.0. The highest BCUT2D eigenvalue weighted by Gasteiger charge is 2.76. The Kier molecular flexibility index (Phi) is 8.04. The number of benzene rings is 3. The van der Waals surface area contributed by atoms with Crippen LogP contribution in [0, 0.1) is 23.7 Å². The van der Waals surface area contributed by atoms with Gasteiger partial charge in [0.05, 0.1) is 38.0 Å². The van der Waals surface area contributed by atoms with Gasteiger partial charge in [-0.25, -0.2) is 0 Å². The molecule has 8 rings (SSSR count). The SMILES string of the molecule is COc1ccc(OC)c(C=Cc2ccc(N3C(=O)[C@H]4[C@H](CC=C5[C@H](C6=COc7ccc(O)cc7C6)[C@]6(Cl)C(=O)N(C)C(=O)[C@]6(Cl)C[C@H]54)C3=O)cc2)c1. The number of imide groups is 2. The lowest BCUT2D eigenvalue weighted by atomic mass is 9.56. The van der Waals surface area contributed by atoms with Gasteiger partial charge in [-0.2, -0.15) is 0 Å². The van der Waals surface area contributed by atoms with E-state index in [2.05, 4.69) is 0 Å². The van der Waals surface area contributed by atoms with E-state index in [9.17, 15) is 24.3 Å². The number of phenols is 1. The quantitative estimate of drug-likeness (QED) is 0.139. The van der Waals surface area contributed by atoms with E-state index in [1.165, 1.54) is 24.3 Å². The highest BCUT2D eigenvalue weighted by molar-refractivity contribution is 6.53. The maximum absolute atomic E-state index is 14.4. The monoisotopic (exact) mass is 740 g/mol. The first-order valence-electron chi connectivity index (χ1n) is 16.9. The molecule has 12 heteroatoms. The molecule has 0 unspecified atom stereocenters. The topological polar surface area (TPSA) is 123 Å². The molecule has 3 aromatic carbocycles. The summed E-state index contributed by atoms with van der Waals surface area (Å²) >= 11 is 14.6. The van der Waals surface area contributed by atoms with Crippen molar-refractivity contribution in [3.05, 3.63) is 101 Å². The van der Waals surface area contributed by atoms with Crippen LogP contribution in [-0.4, -0.2) is 64.7 Å². The van der Waals surface area contributed by atoms with Crippen LogP contribution in [0.15, 0.2) is 84.1 Å². The Morgan fingerprint density at radius 2 is 1.67 bits per heavy atom. The van der Waals surface area contributed by atoms with Gasteiger partial charge in [0.2, 0.25) is 11.8 Å². The average Bonchev–Trinajstić information content (AvgIpc) is 3.48. The molecule has 4 amide bonds. The number of hydrogen-bond acceptors (Lipinski definition) is 8. The fourth-order valence-corrected chi connectivity index (χ4v) is 9.73. The molecule has 0 spiro atoms. The molecule has 1 saturated carbocycles. The van der Waals surface area contributed by atoms with E-state index in [0.29, 0.717) is 39.6 Å². The lowest BCUT2D eigenvalue weighted by Gasteiger charge is -2.51. The van der Waals surface area contributed by atoms with Crippen LogP contribution in [0.4, 0.5) is 5.69 Å². The van der Waals surface area contributed by atoms with Crippen molar-refractivity contribution in [3.8, 4) is 23.0 Å². The molecule has 3 aromatic rings. The molecule has 3 heterocycles. The number of fused-ring (bicyclic) bond motifs is 5. The maximum atomic E-state index is 14.4. The zero-order valence-electron chi connectivity index (χ0n) is 28.5. The van der Waals surface area contributed by atoms with E-state index in [1.807, 2.05) is 48.6 Å². The number of halogens is 2. The number of aromatic hydroxyl groups is 1. The number of carbonyl (C=O) groups is 4. The molecule has 0 aromatic heterocycles. The van der Waals surface area contributed by atoms with E-state index >= 15 is 0 Å². The normalized spacial score (nSPS) is 29.2. The van der Waals surface area contributed by atoms with Crippen molar-refractivity contribution in [2.24, 2.45) is 23.7 Å². The highest BCUT2D eigenvalue weighted by Crippen LogP contribution is 2.64. The van der Waals surface area contributed by atoms with Crippen LogP contribution in [0.2, 0.25) is 0 Å². The number of likely N-dealkylation sites (tertiary alicyclic amines) is 1. The van der Waals surface area contributed by atoms with Gasteiger partial charge >= 0.3 is 0 Å². The van der Waals surface area contributed by atoms with Crippen molar-refractivity contribution in [2.75, 3.05) is 26.2 Å². The van der Waals surface area contributed by atoms with Crippen LogP contribution in [-0.2, 0) is 25.6 Å². The van der Waals surface area contributed by atoms with Gasteiger partial charge < -0.3 is 19.3 Å². The van der Waals surface area contributed by atoms with E-state index < -0.39 is 51.1 Å². The number of anilines is 1. The highest BCUT2D eigenvalue weighted by atomic mass is 35.5. The summed E-state index contributed by atoms with van der Waals surface area (Å²) in [5, 5.41) is 10.2. The summed E-state index contributed by atoms with van der Waals surface area (Å²) < 4.78 is 16.8. The smallest absolute Gasteiger partial charge is 0.253 e. The summed E-state index contributed by atoms with van der Waals surface area (Å²) in [4.78, 5) is 54.5. The number of methoxy groups -OCH3 is 2. The number of allylic oxidation sites excluding steroid dienone is 3. The second-order valence-electron chi connectivity index (χ2n) is 13.8. The van der Waals surface area contributed by atoms with Crippen LogP contribution in [0.25, 0.3) is 12.2 Å². The van der Waals surface area contributed by atoms with Crippen molar-refractivity contribution >= 4 is 64.7 Å². The minimum atomic E-state index is -1.91. The van der Waals surface area contributed by atoms with Crippen molar-refractivity contribution in [3.63, 3.8) is 0 Å². The van der Waals surface area contributed by atoms with Crippen molar-refractivity contribution in [1.29, 1.82) is 0 Å². The van der Waals surface area contributed by atoms with Gasteiger partial charge in [0, 0.05) is 30.5 Å². The lowest BCUT2D eigenvalue weighted by molar-refractivity contribution is -0.138. The standard InChI is InChI=1S/C40H34Cl2N2O8/c1-43-37(48)39(41)19-30-28(34(40(39,42)38(43)49)24-16-23-17-26(45)10-14-32(23)52-20-24)12-13-29-33(30)36(47)44(35(29)46)25-8-5-21(6-9-25)4-7-22-18-27(50-2)11-15-31(22)51-3/h4-12,14-15,17-18,20,29-30,33-34,45H,13,16,19H2,1-3H3/t29-,30+,33-,34-,39+,40-/m0/s1. The van der Waals surface area contributed by atoms with E-state index in [4.69, 9.17) is 37.4 Å². The first-order valence-corrected chi connectivity index (χ1v) is 17.6. The molecule has 2 saturated heterocycles. The van der Waals surface area contributed by atoms with E-state index in [1.54, 1.807) is 38.5 Å². The van der Waals surface area contributed by atoms with Crippen LogP contribution in [0.3, 0.4) is 0 Å². The molecular weight excluding hydrogens is 707 g/mol. The molecule has 0 radical (unpaired) electrons. The van der Waals surface area contributed by atoms with Crippen molar-refractivity contribution < 1.29 is 38.5 Å². The molecule has 3 aliphatic heterocycles. The Morgan fingerprint density at radius 1 is 0.904 bits per heavy atom. The molecule has 3 fully saturated rings. The zero-order chi connectivity index (χ0) is 36.7. The number of phenolic OH excluding ortho intramolecular Hbond substituents is 1. The van der Waals surface area contributed by atoms with Crippen LogP contribution in [0.1, 0.15) is 29.5 Å². The minimum Gasteiger partial charge on any atom is -0.508 e. The first-order chi connectivity index (χ1) is 24.9. The molecular formula is C40H34Cl2N2O8. The maximum Gasteiger partial charge on any atom is 0.253 e. The summed E-state index contributed by atoms with van der Waals surface area (Å²) in [5.74, 6) is -3.19. The van der Waals surface area contributed by atoms with Gasteiger partial charge in [0.1, 0.15) is 23.0 Å². The van der Waals surface area contributed by atoms with Gasteiger partial charge in [-0.05, 0) is 78.4 Å².